The molecule has 4 aromatic rings. The van der Waals surface area contributed by atoms with Gasteiger partial charge in [0.15, 0.2) is 0 Å². The fraction of sp³-hybridized carbons (Fsp3) is 0.383. The van der Waals surface area contributed by atoms with Gasteiger partial charge in [-0.2, -0.15) is 0 Å². The topological polar surface area (TPSA) is 0 Å². The number of fused-ring (bicyclic) bond motifs is 2. The van der Waals surface area contributed by atoms with Crippen LogP contribution < -0.4 is 0 Å². The summed E-state index contributed by atoms with van der Waals surface area (Å²) in [4.78, 5) is 0. The van der Waals surface area contributed by atoms with E-state index in [1.807, 2.05) is 3.26 Å². The van der Waals surface area contributed by atoms with Crippen molar-refractivity contribution < 1.29 is 18.0 Å². The maximum absolute atomic E-state index is 4.02. The van der Waals surface area contributed by atoms with E-state index in [2.05, 4.69) is 139 Å². The maximum atomic E-state index is 2.86. The summed E-state index contributed by atoms with van der Waals surface area (Å²) >= 11 is -4.02. The average Bonchev–Trinajstić information content (AvgIpc) is 3.86. The minimum absolute atomic E-state index is 0.509. The molecule has 0 spiro atoms. The first kappa shape index (κ1) is 33.6. The van der Waals surface area contributed by atoms with Crippen LogP contribution in [-0.2, 0) is 18.0 Å². The van der Waals surface area contributed by atoms with Gasteiger partial charge in [-0.15, -0.1) is 0 Å². The normalized spacial score (nSPS) is 18.6. The van der Waals surface area contributed by atoms with Crippen LogP contribution in [0.2, 0.25) is 9.36 Å². The van der Waals surface area contributed by atoms with Crippen molar-refractivity contribution in [2.75, 3.05) is 0 Å². The van der Waals surface area contributed by atoms with Crippen LogP contribution in [0.4, 0.5) is 0 Å². The molecule has 0 saturated heterocycles. The van der Waals surface area contributed by atoms with Gasteiger partial charge in [-0.05, 0) is 0 Å². The predicted octanol–water partition coefficient (Wildman–Crippen LogP) is 13.5. The third-order valence-corrected chi connectivity index (χ3v) is 41.8. The zero-order valence-corrected chi connectivity index (χ0v) is 35.3. The molecule has 248 valence electrons. The summed E-state index contributed by atoms with van der Waals surface area (Å²) < 4.78 is 8.71. The summed E-state index contributed by atoms with van der Waals surface area (Å²) in [5.74, 6) is 0. The van der Waals surface area contributed by atoms with Gasteiger partial charge in [0.25, 0.3) is 0 Å². The molecule has 0 radical (unpaired) electrons. The van der Waals surface area contributed by atoms with Gasteiger partial charge in [0, 0.05) is 0 Å². The Morgan fingerprint density at radius 3 is 1.15 bits per heavy atom. The van der Waals surface area contributed by atoms with E-state index in [-0.39, 0.29) is 0 Å². The number of rotatable bonds is 4. The Bertz CT molecular complexity index is 1980. The van der Waals surface area contributed by atoms with Crippen LogP contribution >= 0.6 is 0 Å². The van der Waals surface area contributed by atoms with Crippen LogP contribution in [0.1, 0.15) is 111 Å². The van der Waals surface area contributed by atoms with Crippen molar-refractivity contribution in [3.63, 3.8) is 0 Å². The summed E-state index contributed by atoms with van der Waals surface area (Å²) in [5, 5.41) is 0. The van der Waals surface area contributed by atoms with Gasteiger partial charge < -0.3 is 0 Å². The Morgan fingerprint density at radius 1 is 0.458 bits per heavy atom. The van der Waals surface area contributed by atoms with Gasteiger partial charge in [0.1, 0.15) is 0 Å². The van der Waals surface area contributed by atoms with Crippen molar-refractivity contribution in [2.45, 2.75) is 112 Å². The van der Waals surface area contributed by atoms with Gasteiger partial charge >= 0.3 is 294 Å². The molecule has 1 heteroatoms. The van der Waals surface area contributed by atoms with E-state index >= 15 is 0 Å². The van der Waals surface area contributed by atoms with Gasteiger partial charge in [-0.25, -0.2) is 0 Å². The standard InChI is InChI=1S/2C20H21.C5H8.2CH3.Hf/c2*1-12-13(2)15(4)20(16(5)14(12)3)19-11-7-9-17-8-6-10-18(17)19;1-2-4-5-3-1;;;/h2*6-11H,1-5H3;1-4H2;2*1H3;. The first-order chi connectivity index (χ1) is 22.7. The molecule has 7 rings (SSSR count). The Morgan fingerprint density at radius 2 is 0.792 bits per heavy atom. The fourth-order valence-corrected chi connectivity index (χ4v) is 35.8. The van der Waals surface area contributed by atoms with E-state index in [0.717, 1.165) is 0 Å². The van der Waals surface area contributed by atoms with E-state index in [0.29, 0.717) is 7.35 Å². The second-order valence-corrected chi connectivity index (χ2v) is 42.5. The number of allylic oxidation sites excluding steroid dienone is 2. The SMILES string of the molecule is Cc1c(C)c(C)c(-c2cccc3c2C=C[CH]3[Hf]([CH3])([CH3])(=[C]2CCCC2)[CH]2C=Cc3c(-c4c(C)c(C)c(C)c(C)c4C)cccc32)c(C)c1C. The Balaban J connectivity index is 1.44. The van der Waals surface area contributed by atoms with Crippen LogP contribution in [-0.4, -0.2) is 3.26 Å². The molecular weight excluding hydrogens is 743 g/mol. The van der Waals surface area contributed by atoms with Crippen molar-refractivity contribution in [1.29, 1.82) is 0 Å². The average molecular weight is 799 g/mol. The summed E-state index contributed by atoms with van der Waals surface area (Å²) in [7, 11) is 0. The molecule has 0 aromatic heterocycles. The first-order valence-electron chi connectivity index (χ1n) is 18.5. The van der Waals surface area contributed by atoms with E-state index in [1.54, 1.807) is 11.1 Å². The summed E-state index contributed by atoms with van der Waals surface area (Å²) in [6.45, 7) is 23.2. The second kappa shape index (κ2) is 11.6. The summed E-state index contributed by atoms with van der Waals surface area (Å²) in [6.07, 6.45) is 15.8. The van der Waals surface area contributed by atoms with Crippen molar-refractivity contribution in [2.24, 2.45) is 0 Å². The predicted molar refractivity (Wildman–Crippen MR) is 210 cm³/mol. The molecular formula is C47H56Hf. The van der Waals surface area contributed by atoms with Crippen LogP contribution in [0.5, 0.6) is 0 Å². The molecule has 48 heavy (non-hydrogen) atoms. The zero-order chi connectivity index (χ0) is 34.5. The molecule has 2 atom stereocenters. The molecule has 0 aliphatic heterocycles. The molecule has 0 heterocycles. The van der Waals surface area contributed by atoms with Crippen molar-refractivity contribution in [1.82, 2.24) is 0 Å². The molecule has 1 saturated carbocycles. The molecule has 0 bridgehead atoms. The Kier molecular flexibility index (Phi) is 8.11. The van der Waals surface area contributed by atoms with Gasteiger partial charge in [0.2, 0.25) is 0 Å². The molecule has 2 unspecified atom stereocenters. The van der Waals surface area contributed by atoms with E-state index in [9.17, 15) is 0 Å². The Labute approximate surface area is 292 Å². The minimum atomic E-state index is -4.02. The fourth-order valence-electron chi connectivity index (χ4n) is 10.7. The van der Waals surface area contributed by atoms with Crippen molar-refractivity contribution in [3.05, 3.63) is 126 Å². The molecule has 3 aliphatic carbocycles. The van der Waals surface area contributed by atoms with Gasteiger partial charge in [-0.3, -0.25) is 0 Å². The van der Waals surface area contributed by atoms with Crippen molar-refractivity contribution >= 4 is 15.4 Å². The number of hydrogen-bond acceptors (Lipinski definition) is 0. The van der Waals surface area contributed by atoms with Crippen molar-refractivity contribution in [3.8, 4) is 22.3 Å². The van der Waals surface area contributed by atoms with E-state index in [1.165, 1.54) is 115 Å². The summed E-state index contributed by atoms with van der Waals surface area (Å²) in [5.41, 5.74) is 26.3. The van der Waals surface area contributed by atoms with Crippen LogP contribution in [0, 0.1) is 69.2 Å². The van der Waals surface area contributed by atoms with Gasteiger partial charge in [-0.1, -0.05) is 0 Å². The van der Waals surface area contributed by atoms with Gasteiger partial charge in [0.05, 0.1) is 0 Å². The molecule has 4 aromatic carbocycles. The molecule has 0 N–H and O–H groups in total. The molecule has 1 fully saturated rings. The summed E-state index contributed by atoms with van der Waals surface area (Å²) in [6, 6.07) is 14.6. The number of hydrogen-bond donors (Lipinski definition) is 0. The van der Waals surface area contributed by atoms with Crippen LogP contribution in [0.25, 0.3) is 34.4 Å². The molecule has 0 amide bonds. The number of benzene rings is 4. The van der Waals surface area contributed by atoms with Crippen LogP contribution in [0.3, 0.4) is 0 Å². The quantitative estimate of drug-likeness (QED) is 0.180. The zero-order valence-electron chi connectivity index (χ0n) is 31.8. The van der Waals surface area contributed by atoms with Crippen LogP contribution in [0.15, 0.2) is 48.6 Å². The Hall–Kier alpha value is -2.90. The third kappa shape index (κ3) is 4.51. The monoisotopic (exact) mass is 800 g/mol. The van der Waals surface area contributed by atoms with E-state index < -0.39 is 18.0 Å². The third-order valence-electron chi connectivity index (χ3n) is 14.6. The first-order valence-corrected chi connectivity index (χ1v) is 31.6. The second-order valence-electron chi connectivity index (χ2n) is 16.7. The molecule has 3 aliphatic rings. The molecule has 0 nitrogen and oxygen atoms in total. The van der Waals surface area contributed by atoms with E-state index in [4.69, 9.17) is 0 Å².